The van der Waals surface area contributed by atoms with Crippen molar-refractivity contribution in [3.8, 4) is 0 Å². The van der Waals surface area contributed by atoms with Gasteiger partial charge in [0.15, 0.2) is 0 Å². The van der Waals surface area contributed by atoms with Crippen molar-refractivity contribution in [3.63, 3.8) is 0 Å². The maximum absolute atomic E-state index is 12.6. The van der Waals surface area contributed by atoms with Crippen molar-refractivity contribution >= 4 is 5.91 Å². The molecule has 0 spiro atoms. The van der Waals surface area contributed by atoms with Gasteiger partial charge in [0, 0.05) is 25.8 Å². The highest BCUT2D eigenvalue weighted by Gasteiger charge is 2.51. The Morgan fingerprint density at radius 2 is 2.11 bits per heavy atom. The molecular formula is C15H23N3O. The second kappa shape index (κ2) is 3.84. The minimum absolute atomic E-state index is 0.152. The molecule has 1 aromatic heterocycles. The number of nitrogens with zero attached hydrogens (tertiary/aromatic N) is 3. The van der Waals surface area contributed by atoms with Gasteiger partial charge < -0.3 is 4.90 Å². The van der Waals surface area contributed by atoms with Crippen LogP contribution >= 0.6 is 0 Å². The van der Waals surface area contributed by atoms with Crippen LogP contribution in [0.5, 0.6) is 0 Å². The van der Waals surface area contributed by atoms with Gasteiger partial charge in [0.1, 0.15) is 0 Å². The van der Waals surface area contributed by atoms with Crippen molar-refractivity contribution in [1.82, 2.24) is 14.7 Å². The second-order valence-corrected chi connectivity index (χ2v) is 7.55. The van der Waals surface area contributed by atoms with Crippen LogP contribution in [0.25, 0.3) is 0 Å². The number of hydrogen-bond donors (Lipinski definition) is 0. The summed E-state index contributed by atoms with van der Waals surface area (Å²) in [5.41, 5.74) is 1.36. The summed E-state index contributed by atoms with van der Waals surface area (Å²) < 4.78 is 1.70. The van der Waals surface area contributed by atoms with Crippen molar-refractivity contribution in [3.05, 3.63) is 18.0 Å². The van der Waals surface area contributed by atoms with Gasteiger partial charge in [0.05, 0.1) is 11.8 Å². The largest absolute Gasteiger partial charge is 0.335 e. The van der Waals surface area contributed by atoms with Crippen LogP contribution < -0.4 is 0 Å². The van der Waals surface area contributed by atoms with Crippen molar-refractivity contribution in [2.24, 2.45) is 17.9 Å². The van der Waals surface area contributed by atoms with Crippen LogP contribution in [0.4, 0.5) is 0 Å². The Morgan fingerprint density at radius 1 is 1.37 bits per heavy atom. The molecule has 3 rings (SSSR count). The summed E-state index contributed by atoms with van der Waals surface area (Å²) in [5, 5.41) is 4.11. The predicted octanol–water partition coefficient (Wildman–Crippen LogP) is 2.46. The molecule has 1 aromatic rings. The third kappa shape index (κ3) is 2.17. The van der Waals surface area contributed by atoms with Crippen LogP contribution in [0.15, 0.2) is 12.4 Å². The highest BCUT2D eigenvalue weighted by molar-refractivity contribution is 5.94. The average molecular weight is 261 g/mol. The Hall–Kier alpha value is -1.32. The molecule has 2 atom stereocenters. The summed E-state index contributed by atoms with van der Waals surface area (Å²) in [6, 6.07) is 0.404. The lowest BCUT2D eigenvalue weighted by molar-refractivity contribution is 0.0708. The fourth-order valence-electron chi connectivity index (χ4n) is 4.39. The Balaban J connectivity index is 1.86. The molecule has 4 nitrogen and oxygen atoms in total. The minimum Gasteiger partial charge on any atom is -0.335 e. The number of aromatic nitrogens is 2. The molecule has 2 fully saturated rings. The van der Waals surface area contributed by atoms with E-state index in [9.17, 15) is 4.79 Å². The van der Waals surface area contributed by atoms with Gasteiger partial charge >= 0.3 is 0 Å². The van der Waals surface area contributed by atoms with E-state index in [-0.39, 0.29) is 5.91 Å². The molecule has 0 N–H and O–H groups in total. The fourth-order valence-corrected chi connectivity index (χ4v) is 4.39. The molecule has 0 radical (unpaired) electrons. The Kier molecular flexibility index (Phi) is 2.57. The first-order valence-corrected chi connectivity index (χ1v) is 7.08. The number of amides is 1. The summed E-state index contributed by atoms with van der Waals surface area (Å²) in [4.78, 5) is 14.7. The molecule has 1 aliphatic carbocycles. The number of carbonyl (C=O) groups excluding carboxylic acids is 1. The molecule has 1 amide bonds. The minimum atomic E-state index is 0.152. The highest BCUT2D eigenvalue weighted by Crippen LogP contribution is 2.52. The van der Waals surface area contributed by atoms with E-state index in [0.29, 0.717) is 16.9 Å². The highest BCUT2D eigenvalue weighted by atomic mass is 16.2. The summed E-state index contributed by atoms with van der Waals surface area (Å²) in [5.74, 6) is 0.152. The van der Waals surface area contributed by atoms with Crippen LogP contribution in [0.1, 0.15) is 50.4 Å². The van der Waals surface area contributed by atoms with Crippen LogP contribution in [0, 0.1) is 10.8 Å². The van der Waals surface area contributed by atoms with E-state index in [1.54, 1.807) is 10.9 Å². The molecule has 0 unspecified atom stereocenters. The monoisotopic (exact) mass is 261 g/mol. The van der Waals surface area contributed by atoms with E-state index < -0.39 is 0 Å². The van der Waals surface area contributed by atoms with Gasteiger partial charge in [-0.3, -0.25) is 9.48 Å². The van der Waals surface area contributed by atoms with Crippen molar-refractivity contribution in [2.75, 3.05) is 6.54 Å². The fraction of sp³-hybridized carbons (Fsp3) is 0.733. The van der Waals surface area contributed by atoms with Gasteiger partial charge in [-0.05, 0) is 30.1 Å². The Labute approximate surface area is 114 Å². The summed E-state index contributed by atoms with van der Waals surface area (Å²) >= 11 is 0. The average Bonchev–Trinajstić information content (AvgIpc) is 2.78. The normalized spacial score (nSPS) is 32.6. The molecule has 4 heteroatoms. The van der Waals surface area contributed by atoms with E-state index in [0.717, 1.165) is 24.9 Å². The molecular weight excluding hydrogens is 238 g/mol. The van der Waals surface area contributed by atoms with E-state index in [4.69, 9.17) is 0 Å². The molecule has 2 heterocycles. The topological polar surface area (TPSA) is 38.1 Å². The van der Waals surface area contributed by atoms with Crippen molar-refractivity contribution in [2.45, 2.75) is 46.1 Å². The lowest BCUT2D eigenvalue weighted by Gasteiger charge is -2.39. The Morgan fingerprint density at radius 3 is 2.74 bits per heavy atom. The second-order valence-electron chi connectivity index (χ2n) is 7.55. The summed E-state index contributed by atoms with van der Waals surface area (Å²) in [6.07, 6.45) is 6.99. The third-order valence-electron chi connectivity index (χ3n) is 4.63. The van der Waals surface area contributed by atoms with Crippen LogP contribution in [0.2, 0.25) is 0 Å². The van der Waals surface area contributed by atoms with Crippen LogP contribution in [-0.4, -0.2) is 33.2 Å². The molecule has 0 aromatic carbocycles. The van der Waals surface area contributed by atoms with E-state index in [2.05, 4.69) is 30.8 Å². The number of carbonyl (C=O) groups is 1. The lowest BCUT2D eigenvalue weighted by atomic mass is 9.65. The maximum Gasteiger partial charge on any atom is 0.257 e. The van der Waals surface area contributed by atoms with Gasteiger partial charge in [0.2, 0.25) is 0 Å². The zero-order valence-electron chi connectivity index (χ0n) is 12.3. The number of fused-ring (bicyclic) bond motifs is 2. The lowest BCUT2D eigenvalue weighted by Crippen LogP contribution is -2.37. The van der Waals surface area contributed by atoms with Crippen molar-refractivity contribution in [1.29, 1.82) is 0 Å². The molecule has 19 heavy (non-hydrogen) atoms. The molecule has 2 bridgehead atoms. The van der Waals surface area contributed by atoms with Gasteiger partial charge in [0.25, 0.3) is 5.91 Å². The standard InChI is InChI=1S/C15H23N3O/c1-14(2)5-12-6-15(3,9-14)10-18(12)13(19)11-7-16-17(4)8-11/h7-8,12H,5-6,9-10H2,1-4H3/t12-,15-/m1/s1. The van der Waals surface area contributed by atoms with Crippen LogP contribution in [-0.2, 0) is 7.05 Å². The number of hydrogen-bond acceptors (Lipinski definition) is 2. The van der Waals surface area contributed by atoms with Gasteiger partial charge in [-0.25, -0.2) is 0 Å². The SMILES string of the molecule is Cn1cc(C(=O)N2C[C@]3(C)C[C@H]2CC(C)(C)C3)cn1. The molecule has 104 valence electrons. The zero-order valence-corrected chi connectivity index (χ0v) is 12.3. The van der Waals surface area contributed by atoms with E-state index >= 15 is 0 Å². The van der Waals surface area contributed by atoms with Gasteiger partial charge in [-0.15, -0.1) is 0 Å². The van der Waals surface area contributed by atoms with Gasteiger partial charge in [-0.1, -0.05) is 20.8 Å². The van der Waals surface area contributed by atoms with E-state index in [1.807, 2.05) is 13.2 Å². The first-order valence-electron chi connectivity index (χ1n) is 7.08. The third-order valence-corrected chi connectivity index (χ3v) is 4.63. The first-order chi connectivity index (χ1) is 8.78. The predicted molar refractivity (Wildman–Crippen MR) is 73.8 cm³/mol. The summed E-state index contributed by atoms with van der Waals surface area (Å²) in [6.45, 7) is 7.89. The molecule has 1 aliphatic heterocycles. The first kappa shape index (κ1) is 12.7. The molecule has 2 aliphatic rings. The quantitative estimate of drug-likeness (QED) is 0.779. The van der Waals surface area contributed by atoms with Crippen molar-refractivity contribution < 1.29 is 4.79 Å². The number of rotatable bonds is 1. The molecule has 1 saturated carbocycles. The number of likely N-dealkylation sites (tertiary alicyclic amines) is 1. The molecule has 1 saturated heterocycles. The van der Waals surface area contributed by atoms with Crippen LogP contribution in [0.3, 0.4) is 0 Å². The van der Waals surface area contributed by atoms with E-state index in [1.165, 1.54) is 6.42 Å². The smallest absolute Gasteiger partial charge is 0.257 e. The zero-order chi connectivity index (χ0) is 13.8. The maximum atomic E-state index is 12.6. The Bertz CT molecular complexity index is 519. The number of aryl methyl sites for hydroxylation is 1. The summed E-state index contributed by atoms with van der Waals surface area (Å²) in [7, 11) is 1.85. The van der Waals surface area contributed by atoms with Gasteiger partial charge in [-0.2, -0.15) is 5.10 Å².